The normalized spacial score (nSPS) is 13.4. The molecule has 0 unspecified atom stereocenters. The third-order valence-corrected chi connectivity index (χ3v) is 2.09. The van der Waals surface area contributed by atoms with Crippen LogP contribution in [0.2, 0.25) is 0 Å². The summed E-state index contributed by atoms with van der Waals surface area (Å²) in [4.78, 5) is 16.4. The molecule has 0 saturated heterocycles. The van der Waals surface area contributed by atoms with Gasteiger partial charge in [0.25, 0.3) is 0 Å². The second kappa shape index (κ2) is 5.80. The van der Waals surface area contributed by atoms with E-state index in [4.69, 9.17) is 9.94 Å². The summed E-state index contributed by atoms with van der Waals surface area (Å²) in [6.45, 7) is 5.59. The number of carbonyl (C=O) groups is 1. The van der Waals surface area contributed by atoms with Gasteiger partial charge in [0, 0.05) is 6.42 Å². The van der Waals surface area contributed by atoms with E-state index in [1.165, 1.54) is 0 Å². The summed E-state index contributed by atoms with van der Waals surface area (Å²) in [5.74, 6) is -0.918. The van der Waals surface area contributed by atoms with Gasteiger partial charge in [-0.1, -0.05) is 30.3 Å². The lowest BCUT2D eigenvalue weighted by Gasteiger charge is -2.23. The quantitative estimate of drug-likeness (QED) is 0.769. The smallest absolute Gasteiger partial charge is 0.323 e. The summed E-state index contributed by atoms with van der Waals surface area (Å²) in [6, 6.07) is 8.73. The van der Waals surface area contributed by atoms with E-state index >= 15 is 0 Å². The summed E-state index contributed by atoms with van der Waals surface area (Å²) in [5, 5.41) is 9.09. The monoisotopic (exact) mass is 237 g/mol. The van der Waals surface area contributed by atoms with Crippen molar-refractivity contribution in [2.45, 2.75) is 38.8 Å². The van der Waals surface area contributed by atoms with Crippen LogP contribution in [0.5, 0.6) is 0 Å². The highest BCUT2D eigenvalue weighted by atomic mass is 16.7. The Morgan fingerprint density at radius 1 is 1.35 bits per heavy atom. The van der Waals surface area contributed by atoms with Crippen molar-refractivity contribution >= 4 is 5.97 Å². The molecule has 1 aromatic rings. The molecule has 0 saturated carbocycles. The van der Waals surface area contributed by atoms with Crippen LogP contribution in [0, 0.1) is 0 Å². The van der Waals surface area contributed by atoms with E-state index in [0.717, 1.165) is 5.56 Å². The van der Waals surface area contributed by atoms with Crippen LogP contribution in [0.25, 0.3) is 0 Å². The first kappa shape index (κ1) is 13.7. The van der Waals surface area contributed by atoms with Crippen LogP contribution in [0.3, 0.4) is 0 Å². The van der Waals surface area contributed by atoms with E-state index in [9.17, 15) is 4.79 Å². The molecule has 0 fully saturated rings. The zero-order valence-electron chi connectivity index (χ0n) is 10.4. The molecule has 1 atom stereocenters. The van der Waals surface area contributed by atoms with E-state index in [2.05, 4.69) is 5.48 Å². The van der Waals surface area contributed by atoms with Gasteiger partial charge in [0.15, 0.2) is 0 Å². The maximum atomic E-state index is 11.1. The second-order valence-corrected chi connectivity index (χ2v) is 4.91. The Hall–Kier alpha value is -1.39. The molecular weight excluding hydrogens is 218 g/mol. The Balaban J connectivity index is 2.59. The van der Waals surface area contributed by atoms with Crippen LogP contribution in [0.1, 0.15) is 26.3 Å². The highest BCUT2D eigenvalue weighted by molar-refractivity contribution is 5.73. The van der Waals surface area contributed by atoms with Gasteiger partial charge in [-0.25, -0.2) is 0 Å². The van der Waals surface area contributed by atoms with Gasteiger partial charge in [-0.2, -0.15) is 5.48 Å². The van der Waals surface area contributed by atoms with E-state index in [-0.39, 0.29) is 0 Å². The summed E-state index contributed by atoms with van der Waals surface area (Å²) in [5.41, 5.74) is 3.16. The molecule has 0 radical (unpaired) electrons. The molecule has 1 rings (SSSR count). The van der Waals surface area contributed by atoms with Gasteiger partial charge in [0.05, 0.1) is 5.60 Å². The van der Waals surface area contributed by atoms with Crippen LogP contribution < -0.4 is 5.48 Å². The van der Waals surface area contributed by atoms with Gasteiger partial charge < -0.3 is 5.11 Å². The zero-order chi connectivity index (χ0) is 12.9. The fourth-order valence-electron chi connectivity index (χ4n) is 1.28. The first-order chi connectivity index (χ1) is 7.88. The Kier molecular flexibility index (Phi) is 4.66. The Morgan fingerprint density at radius 2 is 1.94 bits per heavy atom. The van der Waals surface area contributed by atoms with Crippen molar-refractivity contribution in [1.29, 1.82) is 0 Å². The molecule has 0 spiro atoms. The van der Waals surface area contributed by atoms with Gasteiger partial charge in [0.2, 0.25) is 0 Å². The maximum absolute atomic E-state index is 11.1. The first-order valence-electron chi connectivity index (χ1n) is 5.59. The van der Waals surface area contributed by atoms with Crippen molar-refractivity contribution in [2.24, 2.45) is 0 Å². The Labute approximate surface area is 102 Å². The lowest BCUT2D eigenvalue weighted by atomic mass is 10.1. The van der Waals surface area contributed by atoms with E-state index < -0.39 is 17.6 Å². The first-order valence-corrected chi connectivity index (χ1v) is 5.59. The number of hydroxylamine groups is 1. The van der Waals surface area contributed by atoms with Crippen molar-refractivity contribution in [2.75, 3.05) is 0 Å². The number of nitrogens with one attached hydrogen (secondary N) is 1. The number of carboxylic acids is 1. The standard InChI is InChI=1S/C13H19NO3/c1-13(2,3)17-14-11(12(15)16)9-10-7-5-4-6-8-10/h4-8,11,14H,9H2,1-3H3,(H,15,16)/t11-/m1/s1. The number of hydrogen-bond acceptors (Lipinski definition) is 3. The molecule has 94 valence electrons. The molecule has 0 aliphatic carbocycles. The SMILES string of the molecule is CC(C)(C)ON[C@H](Cc1ccccc1)C(=O)O. The number of aliphatic carboxylic acids is 1. The summed E-state index contributed by atoms with van der Waals surface area (Å²) >= 11 is 0. The summed E-state index contributed by atoms with van der Waals surface area (Å²) in [6.07, 6.45) is 0.395. The number of benzene rings is 1. The Bertz CT molecular complexity index is 357. The van der Waals surface area contributed by atoms with Crippen molar-refractivity contribution < 1.29 is 14.7 Å². The molecule has 1 aromatic carbocycles. The largest absolute Gasteiger partial charge is 0.480 e. The molecular formula is C13H19NO3. The molecule has 0 heterocycles. The highest BCUT2D eigenvalue weighted by Gasteiger charge is 2.21. The van der Waals surface area contributed by atoms with Gasteiger partial charge in [-0.3, -0.25) is 9.63 Å². The molecule has 4 nitrogen and oxygen atoms in total. The van der Waals surface area contributed by atoms with E-state index in [1.54, 1.807) is 0 Å². The molecule has 2 N–H and O–H groups in total. The predicted molar refractivity (Wildman–Crippen MR) is 65.5 cm³/mol. The number of rotatable bonds is 5. The minimum atomic E-state index is -0.918. The third kappa shape index (κ3) is 5.47. The molecule has 0 amide bonds. The second-order valence-electron chi connectivity index (χ2n) is 4.91. The minimum absolute atomic E-state index is 0.395. The van der Waals surface area contributed by atoms with E-state index in [1.807, 2.05) is 51.1 Å². The lowest BCUT2D eigenvalue weighted by molar-refractivity contribution is -0.150. The van der Waals surface area contributed by atoms with Crippen LogP contribution in [0.15, 0.2) is 30.3 Å². The van der Waals surface area contributed by atoms with Crippen LogP contribution in [-0.2, 0) is 16.1 Å². The van der Waals surface area contributed by atoms with Crippen molar-refractivity contribution in [3.63, 3.8) is 0 Å². The van der Waals surface area contributed by atoms with Gasteiger partial charge >= 0.3 is 5.97 Å². The maximum Gasteiger partial charge on any atom is 0.323 e. The molecule has 17 heavy (non-hydrogen) atoms. The van der Waals surface area contributed by atoms with E-state index in [0.29, 0.717) is 6.42 Å². The Morgan fingerprint density at radius 3 is 2.41 bits per heavy atom. The number of carboxylic acid groups (broad SMARTS) is 1. The predicted octanol–water partition coefficient (Wildman–Crippen LogP) is 2.00. The minimum Gasteiger partial charge on any atom is -0.480 e. The molecule has 0 bridgehead atoms. The van der Waals surface area contributed by atoms with Crippen molar-refractivity contribution in [1.82, 2.24) is 5.48 Å². The van der Waals surface area contributed by atoms with Crippen LogP contribution in [-0.4, -0.2) is 22.7 Å². The van der Waals surface area contributed by atoms with Gasteiger partial charge in [-0.15, -0.1) is 0 Å². The number of hydrogen-bond donors (Lipinski definition) is 2. The van der Waals surface area contributed by atoms with Crippen LogP contribution >= 0.6 is 0 Å². The average Bonchev–Trinajstić information content (AvgIpc) is 2.24. The van der Waals surface area contributed by atoms with Gasteiger partial charge in [0.1, 0.15) is 6.04 Å². The average molecular weight is 237 g/mol. The lowest BCUT2D eigenvalue weighted by Crippen LogP contribution is -2.42. The summed E-state index contributed by atoms with van der Waals surface area (Å²) in [7, 11) is 0. The third-order valence-electron chi connectivity index (χ3n) is 2.09. The molecule has 0 aromatic heterocycles. The van der Waals surface area contributed by atoms with Gasteiger partial charge in [-0.05, 0) is 26.3 Å². The molecule has 4 heteroatoms. The van der Waals surface area contributed by atoms with Crippen LogP contribution in [0.4, 0.5) is 0 Å². The van der Waals surface area contributed by atoms with Crippen molar-refractivity contribution in [3.8, 4) is 0 Å². The molecule has 0 aliphatic heterocycles. The fraction of sp³-hybridized carbons (Fsp3) is 0.462. The van der Waals surface area contributed by atoms with Crippen molar-refractivity contribution in [3.05, 3.63) is 35.9 Å². The fourth-order valence-corrected chi connectivity index (χ4v) is 1.28. The zero-order valence-corrected chi connectivity index (χ0v) is 10.4. The summed E-state index contributed by atoms with van der Waals surface area (Å²) < 4.78 is 0. The molecule has 0 aliphatic rings. The highest BCUT2D eigenvalue weighted by Crippen LogP contribution is 2.07. The topological polar surface area (TPSA) is 58.6 Å².